The van der Waals surface area contributed by atoms with Crippen molar-refractivity contribution in [1.29, 1.82) is 0 Å². The zero-order valence-corrected chi connectivity index (χ0v) is 10.4. The van der Waals surface area contributed by atoms with E-state index in [-0.39, 0.29) is 0 Å². The molecule has 0 aliphatic rings. The van der Waals surface area contributed by atoms with E-state index >= 15 is 0 Å². The summed E-state index contributed by atoms with van der Waals surface area (Å²) in [4.78, 5) is 19.5. The van der Waals surface area contributed by atoms with Crippen LogP contribution < -0.4 is 5.73 Å². The Morgan fingerprint density at radius 2 is 2.06 bits per heavy atom. The van der Waals surface area contributed by atoms with Gasteiger partial charge in [0.05, 0.1) is 7.11 Å². The number of hydrogen-bond acceptors (Lipinski definition) is 6. The Hall–Kier alpha value is -1.14. The Balaban J connectivity index is 2.57. The highest BCUT2D eigenvalue weighted by Crippen LogP contribution is 2.14. The minimum Gasteiger partial charge on any atom is -0.468 e. The van der Waals surface area contributed by atoms with Gasteiger partial charge in [0.2, 0.25) is 0 Å². The summed E-state index contributed by atoms with van der Waals surface area (Å²) in [6.07, 6.45) is 0. The molecule has 0 radical (unpaired) electrons. The fourth-order valence-electron chi connectivity index (χ4n) is 1.14. The van der Waals surface area contributed by atoms with Crippen molar-refractivity contribution in [3.63, 3.8) is 0 Å². The Labute approximate surface area is 98.8 Å². The molecule has 0 aliphatic heterocycles. The predicted molar refractivity (Wildman–Crippen MR) is 62.2 cm³/mol. The van der Waals surface area contributed by atoms with Gasteiger partial charge in [0, 0.05) is 17.1 Å². The molecule has 0 amide bonds. The number of ether oxygens (including phenoxy) is 1. The highest BCUT2D eigenvalue weighted by molar-refractivity contribution is 7.99. The second-order valence-electron chi connectivity index (χ2n) is 3.37. The first-order chi connectivity index (χ1) is 7.52. The number of methoxy groups -OCH3 is 1. The minimum absolute atomic E-state index is 0.412. The van der Waals surface area contributed by atoms with E-state index in [9.17, 15) is 4.79 Å². The van der Waals surface area contributed by atoms with Gasteiger partial charge in [-0.1, -0.05) is 11.8 Å². The lowest BCUT2D eigenvalue weighted by Crippen LogP contribution is -2.33. The van der Waals surface area contributed by atoms with Gasteiger partial charge in [-0.15, -0.1) is 0 Å². The molecule has 6 heteroatoms. The third-order valence-corrected chi connectivity index (χ3v) is 2.82. The van der Waals surface area contributed by atoms with E-state index in [1.165, 1.54) is 18.9 Å². The van der Waals surface area contributed by atoms with Gasteiger partial charge >= 0.3 is 5.97 Å². The van der Waals surface area contributed by atoms with Crippen LogP contribution in [0.25, 0.3) is 0 Å². The number of thioether (sulfide) groups is 1. The maximum Gasteiger partial charge on any atom is 0.323 e. The van der Waals surface area contributed by atoms with E-state index in [1.807, 2.05) is 19.9 Å². The van der Waals surface area contributed by atoms with Crippen LogP contribution in [0.2, 0.25) is 0 Å². The van der Waals surface area contributed by atoms with Gasteiger partial charge in [0.25, 0.3) is 0 Å². The van der Waals surface area contributed by atoms with Crippen molar-refractivity contribution in [2.75, 3.05) is 12.9 Å². The lowest BCUT2D eigenvalue weighted by atomic mass is 10.4. The van der Waals surface area contributed by atoms with Crippen molar-refractivity contribution in [3.05, 3.63) is 17.5 Å². The van der Waals surface area contributed by atoms with E-state index in [0.29, 0.717) is 10.9 Å². The Kier molecular flexibility index (Phi) is 4.70. The molecule has 0 bridgehead atoms. The SMILES string of the molecule is COC(=O)C(N)CSc1nc(C)cc(C)n1. The van der Waals surface area contributed by atoms with Crippen molar-refractivity contribution in [3.8, 4) is 0 Å². The van der Waals surface area contributed by atoms with E-state index in [1.54, 1.807) is 0 Å². The molecule has 5 nitrogen and oxygen atoms in total. The largest absolute Gasteiger partial charge is 0.468 e. The first-order valence-electron chi connectivity index (χ1n) is 4.81. The highest BCUT2D eigenvalue weighted by atomic mass is 32.2. The van der Waals surface area contributed by atoms with Crippen LogP contribution in [0.3, 0.4) is 0 Å². The van der Waals surface area contributed by atoms with E-state index < -0.39 is 12.0 Å². The number of aromatic nitrogens is 2. The van der Waals surface area contributed by atoms with E-state index in [0.717, 1.165) is 11.4 Å². The number of carbonyl (C=O) groups is 1. The van der Waals surface area contributed by atoms with Gasteiger partial charge < -0.3 is 10.5 Å². The summed E-state index contributed by atoms with van der Waals surface area (Å²) in [6.45, 7) is 3.80. The third kappa shape index (κ3) is 3.79. The van der Waals surface area contributed by atoms with Crippen LogP contribution in [0.5, 0.6) is 0 Å². The number of nitrogens with zero attached hydrogens (tertiary/aromatic N) is 2. The predicted octanol–water partition coefficient (Wildman–Crippen LogP) is 0.686. The molecule has 1 heterocycles. The zero-order chi connectivity index (χ0) is 12.1. The molecule has 1 atom stereocenters. The van der Waals surface area contributed by atoms with Gasteiger partial charge in [-0.05, 0) is 19.9 Å². The number of esters is 1. The molecule has 1 rings (SSSR count). The molecule has 0 aliphatic carbocycles. The van der Waals surface area contributed by atoms with E-state index in [2.05, 4.69) is 14.7 Å². The van der Waals surface area contributed by atoms with Crippen molar-refractivity contribution < 1.29 is 9.53 Å². The van der Waals surface area contributed by atoms with Gasteiger partial charge in [-0.2, -0.15) is 0 Å². The average molecular weight is 241 g/mol. The molecule has 0 saturated carbocycles. The lowest BCUT2D eigenvalue weighted by molar-refractivity contribution is -0.141. The molecule has 2 N–H and O–H groups in total. The first kappa shape index (κ1) is 12.9. The molecule has 0 fully saturated rings. The summed E-state index contributed by atoms with van der Waals surface area (Å²) in [5, 5.41) is 0.636. The summed E-state index contributed by atoms with van der Waals surface area (Å²) < 4.78 is 4.53. The molecule has 16 heavy (non-hydrogen) atoms. The minimum atomic E-state index is -0.639. The molecule has 0 saturated heterocycles. The Morgan fingerprint density at radius 1 is 1.50 bits per heavy atom. The third-order valence-electron chi connectivity index (χ3n) is 1.86. The van der Waals surface area contributed by atoms with Gasteiger partial charge in [0.1, 0.15) is 6.04 Å². The monoisotopic (exact) mass is 241 g/mol. The first-order valence-corrected chi connectivity index (χ1v) is 5.80. The summed E-state index contributed by atoms with van der Waals surface area (Å²) in [6, 6.07) is 1.25. The van der Waals surface area contributed by atoms with Gasteiger partial charge in [-0.3, -0.25) is 4.79 Å². The van der Waals surface area contributed by atoms with Crippen LogP contribution in [0.15, 0.2) is 11.2 Å². The van der Waals surface area contributed by atoms with Crippen LogP contribution in [-0.4, -0.2) is 34.8 Å². The van der Waals surface area contributed by atoms with Crippen LogP contribution in [0.4, 0.5) is 0 Å². The standard InChI is InChI=1S/C10H15N3O2S/c1-6-4-7(2)13-10(12-6)16-5-8(11)9(14)15-3/h4,8H,5,11H2,1-3H3. The number of nitrogens with two attached hydrogens (primary N) is 1. The molecule has 1 aromatic heterocycles. The normalized spacial score (nSPS) is 12.2. The zero-order valence-electron chi connectivity index (χ0n) is 9.56. The second kappa shape index (κ2) is 5.81. The van der Waals surface area contributed by atoms with Gasteiger partial charge in [-0.25, -0.2) is 9.97 Å². The second-order valence-corrected chi connectivity index (χ2v) is 4.36. The van der Waals surface area contributed by atoms with Crippen LogP contribution in [0, 0.1) is 13.8 Å². The number of aryl methyl sites for hydroxylation is 2. The smallest absolute Gasteiger partial charge is 0.323 e. The fourth-order valence-corrected chi connectivity index (χ4v) is 2.02. The molecule has 1 aromatic rings. The summed E-state index contributed by atoms with van der Waals surface area (Å²) >= 11 is 1.35. The van der Waals surface area contributed by atoms with Crippen LogP contribution >= 0.6 is 11.8 Å². The molecular weight excluding hydrogens is 226 g/mol. The van der Waals surface area contributed by atoms with Crippen molar-refractivity contribution in [2.24, 2.45) is 5.73 Å². The lowest BCUT2D eigenvalue weighted by Gasteiger charge is -2.08. The van der Waals surface area contributed by atoms with Crippen LogP contribution in [0.1, 0.15) is 11.4 Å². The van der Waals surface area contributed by atoms with Crippen molar-refractivity contribution >= 4 is 17.7 Å². The Bertz CT molecular complexity index is 364. The van der Waals surface area contributed by atoms with Crippen molar-refractivity contribution in [1.82, 2.24) is 9.97 Å². The number of carbonyl (C=O) groups excluding carboxylic acids is 1. The fraction of sp³-hybridized carbons (Fsp3) is 0.500. The highest BCUT2D eigenvalue weighted by Gasteiger charge is 2.14. The van der Waals surface area contributed by atoms with Crippen LogP contribution in [-0.2, 0) is 9.53 Å². The molecular formula is C10H15N3O2S. The molecule has 0 spiro atoms. The van der Waals surface area contributed by atoms with Gasteiger partial charge in [0.15, 0.2) is 5.16 Å². The quantitative estimate of drug-likeness (QED) is 0.474. The maximum atomic E-state index is 11.1. The summed E-state index contributed by atoms with van der Waals surface area (Å²) in [5.74, 6) is -0.00729. The van der Waals surface area contributed by atoms with Crippen molar-refractivity contribution in [2.45, 2.75) is 25.0 Å². The molecule has 88 valence electrons. The number of rotatable bonds is 4. The summed E-state index contributed by atoms with van der Waals surface area (Å²) in [7, 11) is 1.32. The topological polar surface area (TPSA) is 78.1 Å². The average Bonchev–Trinajstić information content (AvgIpc) is 2.23. The Morgan fingerprint density at radius 3 is 2.56 bits per heavy atom. The molecule has 1 unspecified atom stereocenters. The molecule has 0 aromatic carbocycles. The number of hydrogen-bond donors (Lipinski definition) is 1. The summed E-state index contributed by atoms with van der Waals surface area (Å²) in [5.41, 5.74) is 7.41. The van der Waals surface area contributed by atoms with E-state index in [4.69, 9.17) is 5.73 Å². The maximum absolute atomic E-state index is 11.1.